The van der Waals surface area contributed by atoms with E-state index in [1.54, 1.807) is 6.20 Å². The zero-order valence-electron chi connectivity index (χ0n) is 10.5. The van der Waals surface area contributed by atoms with Crippen LogP contribution in [0.5, 0.6) is 0 Å². The first-order valence-corrected chi connectivity index (χ1v) is 6.03. The molecule has 1 aromatic rings. The molecule has 4 nitrogen and oxygen atoms in total. The monoisotopic (exact) mass is 233 g/mol. The van der Waals surface area contributed by atoms with Crippen molar-refractivity contribution in [2.24, 2.45) is 0 Å². The Kier molecular flexibility index (Phi) is 3.74. The van der Waals surface area contributed by atoms with E-state index in [0.717, 1.165) is 37.4 Å². The first-order chi connectivity index (χ1) is 8.15. The Balaban J connectivity index is 1.90. The average Bonchev–Trinajstić information content (AvgIpc) is 2.33. The molecule has 1 aliphatic heterocycles. The van der Waals surface area contributed by atoms with Crippen LogP contribution in [0.25, 0.3) is 0 Å². The smallest absolute Gasteiger partial charge is 0.227 e. The van der Waals surface area contributed by atoms with Gasteiger partial charge < -0.3 is 9.80 Å². The SMILES string of the molecule is Cc1ccc(CC(=O)N2CCN(C)CC2)cn1. The molecule has 2 heterocycles. The van der Waals surface area contributed by atoms with Crippen LogP contribution >= 0.6 is 0 Å². The highest BCUT2D eigenvalue weighted by Crippen LogP contribution is 2.06. The standard InChI is InChI=1S/C13H19N3O/c1-11-3-4-12(10-14-11)9-13(17)16-7-5-15(2)6-8-16/h3-4,10H,5-9H2,1-2H3. The van der Waals surface area contributed by atoms with Gasteiger partial charge in [-0.2, -0.15) is 0 Å². The molecule has 1 amide bonds. The molecule has 0 unspecified atom stereocenters. The van der Waals surface area contributed by atoms with E-state index in [-0.39, 0.29) is 5.91 Å². The van der Waals surface area contributed by atoms with E-state index in [0.29, 0.717) is 6.42 Å². The van der Waals surface area contributed by atoms with Crippen LogP contribution in [0.4, 0.5) is 0 Å². The predicted molar refractivity (Wildman–Crippen MR) is 66.8 cm³/mol. The van der Waals surface area contributed by atoms with Crippen molar-refractivity contribution in [2.75, 3.05) is 33.2 Å². The summed E-state index contributed by atoms with van der Waals surface area (Å²) in [7, 11) is 2.09. The highest BCUT2D eigenvalue weighted by molar-refractivity contribution is 5.78. The Labute approximate surface area is 102 Å². The van der Waals surface area contributed by atoms with Crippen LogP contribution in [-0.4, -0.2) is 53.9 Å². The third-order valence-electron chi connectivity index (χ3n) is 3.18. The number of piperazine rings is 1. The van der Waals surface area contributed by atoms with Gasteiger partial charge in [-0.25, -0.2) is 0 Å². The Hall–Kier alpha value is -1.42. The van der Waals surface area contributed by atoms with Crippen LogP contribution < -0.4 is 0 Å². The number of likely N-dealkylation sites (N-methyl/N-ethyl adjacent to an activating group) is 1. The number of pyridine rings is 1. The number of carbonyl (C=O) groups is 1. The highest BCUT2D eigenvalue weighted by atomic mass is 16.2. The summed E-state index contributed by atoms with van der Waals surface area (Å²) in [4.78, 5) is 20.4. The fraction of sp³-hybridized carbons (Fsp3) is 0.538. The summed E-state index contributed by atoms with van der Waals surface area (Å²) in [5, 5.41) is 0. The van der Waals surface area contributed by atoms with Crippen LogP contribution in [0.15, 0.2) is 18.3 Å². The molecular formula is C13H19N3O. The largest absolute Gasteiger partial charge is 0.340 e. The van der Waals surface area contributed by atoms with Gasteiger partial charge in [-0.05, 0) is 25.6 Å². The number of carbonyl (C=O) groups excluding carboxylic acids is 1. The van der Waals surface area contributed by atoms with Crippen molar-refractivity contribution in [1.29, 1.82) is 0 Å². The maximum atomic E-state index is 12.0. The zero-order chi connectivity index (χ0) is 12.3. The van der Waals surface area contributed by atoms with E-state index in [2.05, 4.69) is 16.9 Å². The second kappa shape index (κ2) is 5.27. The number of nitrogens with zero attached hydrogens (tertiary/aromatic N) is 3. The summed E-state index contributed by atoms with van der Waals surface area (Å²) in [5.74, 6) is 0.212. The van der Waals surface area contributed by atoms with Crippen molar-refractivity contribution in [3.8, 4) is 0 Å². The Morgan fingerprint density at radius 3 is 2.59 bits per heavy atom. The number of hydrogen-bond acceptors (Lipinski definition) is 3. The van der Waals surface area contributed by atoms with E-state index in [1.807, 2.05) is 24.0 Å². The van der Waals surface area contributed by atoms with E-state index in [9.17, 15) is 4.79 Å². The summed E-state index contributed by atoms with van der Waals surface area (Å²) in [6.45, 7) is 5.57. The van der Waals surface area contributed by atoms with Crippen molar-refractivity contribution in [3.05, 3.63) is 29.6 Å². The van der Waals surface area contributed by atoms with Crippen molar-refractivity contribution >= 4 is 5.91 Å². The number of aromatic nitrogens is 1. The summed E-state index contributed by atoms with van der Waals surface area (Å²) >= 11 is 0. The molecule has 92 valence electrons. The normalized spacial score (nSPS) is 17.2. The Morgan fingerprint density at radius 1 is 1.29 bits per heavy atom. The molecule has 2 rings (SSSR count). The lowest BCUT2D eigenvalue weighted by molar-refractivity contribution is -0.132. The minimum Gasteiger partial charge on any atom is -0.340 e. The van der Waals surface area contributed by atoms with Gasteiger partial charge >= 0.3 is 0 Å². The second-order valence-electron chi connectivity index (χ2n) is 4.67. The Bertz CT molecular complexity index is 380. The molecule has 1 fully saturated rings. The van der Waals surface area contributed by atoms with Crippen molar-refractivity contribution in [3.63, 3.8) is 0 Å². The van der Waals surface area contributed by atoms with Gasteiger partial charge in [-0.1, -0.05) is 6.07 Å². The first kappa shape index (κ1) is 12.0. The van der Waals surface area contributed by atoms with Gasteiger partial charge in [0.15, 0.2) is 0 Å². The lowest BCUT2D eigenvalue weighted by atomic mass is 10.1. The molecule has 0 N–H and O–H groups in total. The van der Waals surface area contributed by atoms with Gasteiger partial charge in [0.2, 0.25) is 5.91 Å². The minimum absolute atomic E-state index is 0.212. The maximum absolute atomic E-state index is 12.0. The molecule has 0 spiro atoms. The molecule has 4 heteroatoms. The van der Waals surface area contributed by atoms with Gasteiger partial charge in [0.25, 0.3) is 0 Å². The van der Waals surface area contributed by atoms with Gasteiger partial charge in [0.05, 0.1) is 6.42 Å². The fourth-order valence-electron chi connectivity index (χ4n) is 1.95. The van der Waals surface area contributed by atoms with Crippen molar-refractivity contribution < 1.29 is 4.79 Å². The molecule has 0 bridgehead atoms. The molecule has 0 aliphatic carbocycles. The molecule has 0 saturated carbocycles. The molecule has 0 atom stereocenters. The van der Waals surface area contributed by atoms with Crippen LogP contribution in [0.2, 0.25) is 0 Å². The molecule has 1 aliphatic rings. The van der Waals surface area contributed by atoms with Gasteiger partial charge in [-0.3, -0.25) is 9.78 Å². The number of hydrogen-bond donors (Lipinski definition) is 0. The third kappa shape index (κ3) is 3.27. The minimum atomic E-state index is 0.212. The quantitative estimate of drug-likeness (QED) is 0.754. The van der Waals surface area contributed by atoms with Crippen molar-refractivity contribution in [2.45, 2.75) is 13.3 Å². The summed E-state index contributed by atoms with van der Waals surface area (Å²) in [5.41, 5.74) is 1.99. The number of aryl methyl sites for hydroxylation is 1. The van der Waals surface area contributed by atoms with Gasteiger partial charge in [0, 0.05) is 38.1 Å². The predicted octanol–water partition coefficient (Wildman–Crippen LogP) is 0.707. The lowest BCUT2D eigenvalue weighted by Crippen LogP contribution is -2.47. The highest BCUT2D eigenvalue weighted by Gasteiger charge is 2.18. The maximum Gasteiger partial charge on any atom is 0.227 e. The lowest BCUT2D eigenvalue weighted by Gasteiger charge is -2.32. The second-order valence-corrected chi connectivity index (χ2v) is 4.67. The third-order valence-corrected chi connectivity index (χ3v) is 3.18. The molecule has 17 heavy (non-hydrogen) atoms. The summed E-state index contributed by atoms with van der Waals surface area (Å²) < 4.78 is 0. The van der Waals surface area contributed by atoms with E-state index >= 15 is 0 Å². The number of rotatable bonds is 2. The summed E-state index contributed by atoms with van der Waals surface area (Å²) in [6, 6.07) is 3.93. The van der Waals surface area contributed by atoms with Gasteiger partial charge in [-0.15, -0.1) is 0 Å². The molecule has 1 saturated heterocycles. The van der Waals surface area contributed by atoms with Gasteiger partial charge in [0.1, 0.15) is 0 Å². The van der Waals surface area contributed by atoms with Crippen LogP contribution in [0, 0.1) is 6.92 Å². The molecule has 1 aromatic heterocycles. The Morgan fingerprint density at radius 2 is 2.00 bits per heavy atom. The fourth-order valence-corrected chi connectivity index (χ4v) is 1.95. The average molecular weight is 233 g/mol. The molecular weight excluding hydrogens is 214 g/mol. The number of amides is 1. The van der Waals surface area contributed by atoms with E-state index < -0.39 is 0 Å². The van der Waals surface area contributed by atoms with E-state index in [4.69, 9.17) is 0 Å². The van der Waals surface area contributed by atoms with Crippen LogP contribution in [-0.2, 0) is 11.2 Å². The van der Waals surface area contributed by atoms with E-state index in [1.165, 1.54) is 0 Å². The zero-order valence-corrected chi connectivity index (χ0v) is 10.5. The first-order valence-electron chi connectivity index (χ1n) is 6.03. The molecule has 0 aromatic carbocycles. The molecule has 0 radical (unpaired) electrons. The topological polar surface area (TPSA) is 36.4 Å². The van der Waals surface area contributed by atoms with Crippen LogP contribution in [0.1, 0.15) is 11.3 Å². The van der Waals surface area contributed by atoms with Crippen molar-refractivity contribution in [1.82, 2.24) is 14.8 Å². The van der Waals surface area contributed by atoms with Crippen LogP contribution in [0.3, 0.4) is 0 Å². The summed E-state index contributed by atoms with van der Waals surface area (Å²) in [6.07, 6.45) is 2.26.